The van der Waals surface area contributed by atoms with Crippen LogP contribution in [0.3, 0.4) is 0 Å². The first kappa shape index (κ1) is 17.1. The summed E-state index contributed by atoms with van der Waals surface area (Å²) in [5.41, 5.74) is 9.71. The first-order valence-corrected chi connectivity index (χ1v) is 9.08. The second-order valence-electron chi connectivity index (χ2n) is 6.87. The number of primary amides is 1. The van der Waals surface area contributed by atoms with Gasteiger partial charge in [0.1, 0.15) is 11.7 Å². The molecule has 4 aromatic rings. The fourth-order valence-electron chi connectivity index (χ4n) is 3.45. The molecule has 0 radical (unpaired) electrons. The zero-order chi connectivity index (χ0) is 20.0. The monoisotopic (exact) mass is 384 g/mol. The van der Waals surface area contributed by atoms with Crippen LogP contribution >= 0.6 is 0 Å². The third-order valence-corrected chi connectivity index (χ3v) is 4.96. The van der Waals surface area contributed by atoms with E-state index in [0.29, 0.717) is 11.4 Å². The van der Waals surface area contributed by atoms with Gasteiger partial charge in [0.25, 0.3) is 5.91 Å². The van der Waals surface area contributed by atoms with Gasteiger partial charge < -0.3 is 11.1 Å². The number of para-hydroxylation sites is 1. The molecule has 8 heteroatoms. The first-order chi connectivity index (χ1) is 14.1. The maximum atomic E-state index is 12.3. The van der Waals surface area contributed by atoms with E-state index in [-0.39, 0.29) is 12.5 Å². The molecule has 0 saturated carbocycles. The molecule has 0 bridgehead atoms. The second kappa shape index (κ2) is 6.52. The summed E-state index contributed by atoms with van der Waals surface area (Å²) in [5, 5.41) is 8.12. The summed E-state index contributed by atoms with van der Waals surface area (Å²) in [7, 11) is 0. The number of benzene rings is 1. The third-order valence-electron chi connectivity index (χ3n) is 4.96. The number of carbonyl (C=O) groups excluding carboxylic acids is 2. The summed E-state index contributed by atoms with van der Waals surface area (Å²) >= 11 is 0. The van der Waals surface area contributed by atoms with Crippen molar-refractivity contribution in [2.75, 3.05) is 0 Å². The van der Waals surface area contributed by atoms with Crippen LogP contribution in [0.5, 0.6) is 0 Å². The Labute approximate surface area is 165 Å². The maximum absolute atomic E-state index is 12.3. The lowest BCUT2D eigenvalue weighted by Gasteiger charge is -2.21. The zero-order valence-electron chi connectivity index (χ0n) is 15.2. The predicted octanol–water partition coefficient (Wildman–Crippen LogP) is 1.76. The van der Waals surface area contributed by atoms with Crippen LogP contribution < -0.4 is 11.1 Å². The van der Waals surface area contributed by atoms with Crippen molar-refractivity contribution < 1.29 is 9.59 Å². The molecule has 29 heavy (non-hydrogen) atoms. The molecule has 1 aliphatic rings. The molecule has 2 amide bonds. The molecule has 142 valence electrons. The molecular weight excluding hydrogens is 368 g/mol. The van der Waals surface area contributed by atoms with Crippen LogP contribution in [0.1, 0.15) is 10.5 Å². The highest BCUT2D eigenvalue weighted by Crippen LogP contribution is 2.26. The molecule has 3 N–H and O–H groups in total. The number of nitrogens with two attached hydrogens (primary N) is 1. The van der Waals surface area contributed by atoms with Crippen molar-refractivity contribution in [2.24, 2.45) is 5.73 Å². The average Bonchev–Trinajstić information content (AvgIpc) is 3.18. The molecular formula is C21H16N6O2. The van der Waals surface area contributed by atoms with Crippen LogP contribution in [0.15, 0.2) is 60.9 Å². The van der Waals surface area contributed by atoms with E-state index in [4.69, 9.17) is 5.73 Å². The lowest BCUT2D eigenvalue weighted by Crippen LogP contribution is -2.51. The fraction of sp³-hybridized carbons (Fsp3) is 0.0952. The van der Waals surface area contributed by atoms with Crippen LogP contribution in [-0.4, -0.2) is 37.6 Å². The first-order valence-electron chi connectivity index (χ1n) is 9.08. The van der Waals surface area contributed by atoms with Crippen molar-refractivity contribution in [1.82, 2.24) is 25.1 Å². The lowest BCUT2D eigenvalue weighted by molar-refractivity contribution is -0.120. The van der Waals surface area contributed by atoms with E-state index in [1.165, 1.54) is 4.68 Å². The summed E-state index contributed by atoms with van der Waals surface area (Å²) < 4.78 is 1.52. The largest absolute Gasteiger partial charge is 0.368 e. The van der Waals surface area contributed by atoms with Gasteiger partial charge in [-0.05, 0) is 30.3 Å². The number of aromatic nitrogens is 4. The fourth-order valence-corrected chi connectivity index (χ4v) is 3.45. The van der Waals surface area contributed by atoms with Crippen molar-refractivity contribution in [3.63, 3.8) is 0 Å². The normalized spacial score (nSPS) is 15.7. The highest BCUT2D eigenvalue weighted by Gasteiger charge is 2.29. The van der Waals surface area contributed by atoms with Gasteiger partial charge in [0.15, 0.2) is 0 Å². The van der Waals surface area contributed by atoms with Crippen LogP contribution in [0, 0.1) is 0 Å². The second-order valence-corrected chi connectivity index (χ2v) is 6.87. The maximum Gasteiger partial charge on any atom is 0.270 e. The number of hydrogen-bond acceptors (Lipinski definition) is 5. The van der Waals surface area contributed by atoms with E-state index in [1.54, 1.807) is 18.5 Å². The SMILES string of the molecule is NC(=O)C1Cn2nc(-c3ccnc(-c4cnc5ccccc5c4)c3)cc2C(=O)N1. The van der Waals surface area contributed by atoms with E-state index in [9.17, 15) is 9.59 Å². The summed E-state index contributed by atoms with van der Waals surface area (Å²) in [6.45, 7) is 0.211. The van der Waals surface area contributed by atoms with Gasteiger partial charge in [-0.15, -0.1) is 0 Å². The number of amides is 2. The Kier molecular flexibility index (Phi) is 3.83. The molecule has 1 unspecified atom stereocenters. The van der Waals surface area contributed by atoms with Gasteiger partial charge in [0.05, 0.1) is 23.4 Å². The van der Waals surface area contributed by atoms with Crippen LogP contribution in [-0.2, 0) is 11.3 Å². The van der Waals surface area contributed by atoms with Gasteiger partial charge in [0, 0.05) is 28.9 Å². The van der Waals surface area contributed by atoms with Gasteiger partial charge in [-0.2, -0.15) is 5.10 Å². The van der Waals surface area contributed by atoms with Gasteiger partial charge >= 0.3 is 0 Å². The highest BCUT2D eigenvalue weighted by molar-refractivity contribution is 5.98. The molecule has 1 aliphatic heterocycles. The van der Waals surface area contributed by atoms with Gasteiger partial charge in [-0.3, -0.25) is 24.2 Å². The molecule has 0 fully saturated rings. The molecule has 0 aliphatic carbocycles. The average molecular weight is 384 g/mol. The summed E-state index contributed by atoms with van der Waals surface area (Å²) in [6.07, 6.45) is 3.49. The van der Waals surface area contributed by atoms with Crippen LogP contribution in [0.25, 0.3) is 33.4 Å². The predicted molar refractivity (Wildman–Crippen MR) is 107 cm³/mol. The molecule has 4 heterocycles. The number of nitrogens with one attached hydrogen (secondary N) is 1. The lowest BCUT2D eigenvalue weighted by atomic mass is 10.1. The Bertz CT molecular complexity index is 1280. The van der Waals surface area contributed by atoms with Gasteiger partial charge in [-0.25, -0.2) is 0 Å². The Morgan fingerprint density at radius 2 is 1.93 bits per heavy atom. The highest BCUT2D eigenvalue weighted by atomic mass is 16.2. The van der Waals surface area contributed by atoms with E-state index >= 15 is 0 Å². The summed E-state index contributed by atoms with van der Waals surface area (Å²) in [4.78, 5) is 32.6. The van der Waals surface area contributed by atoms with E-state index in [1.807, 2.05) is 42.5 Å². The number of hydrogen-bond donors (Lipinski definition) is 2. The summed E-state index contributed by atoms with van der Waals surface area (Å²) in [5.74, 6) is -0.956. The minimum absolute atomic E-state index is 0.211. The Balaban J connectivity index is 1.53. The van der Waals surface area contributed by atoms with E-state index in [0.717, 1.165) is 27.7 Å². The smallest absolute Gasteiger partial charge is 0.270 e. The zero-order valence-corrected chi connectivity index (χ0v) is 15.2. The molecule has 1 aromatic carbocycles. The van der Waals surface area contributed by atoms with Crippen molar-refractivity contribution >= 4 is 22.7 Å². The van der Waals surface area contributed by atoms with Gasteiger partial charge in [0.2, 0.25) is 5.91 Å². The van der Waals surface area contributed by atoms with Crippen LogP contribution in [0.4, 0.5) is 0 Å². The number of carbonyl (C=O) groups is 2. The Morgan fingerprint density at radius 3 is 2.79 bits per heavy atom. The van der Waals surface area contributed by atoms with Crippen molar-refractivity contribution in [2.45, 2.75) is 12.6 Å². The quantitative estimate of drug-likeness (QED) is 0.558. The molecule has 1 atom stereocenters. The number of rotatable bonds is 3. The molecule has 0 saturated heterocycles. The van der Waals surface area contributed by atoms with Crippen molar-refractivity contribution in [3.05, 3.63) is 66.6 Å². The Hall–Kier alpha value is -4.07. The summed E-state index contributed by atoms with van der Waals surface area (Å²) in [6, 6.07) is 14.6. The van der Waals surface area contributed by atoms with Crippen molar-refractivity contribution in [3.8, 4) is 22.5 Å². The number of nitrogens with zero attached hydrogens (tertiary/aromatic N) is 4. The minimum atomic E-state index is -0.764. The molecule has 0 spiro atoms. The van der Waals surface area contributed by atoms with E-state index in [2.05, 4.69) is 20.4 Å². The number of pyridine rings is 2. The minimum Gasteiger partial charge on any atom is -0.368 e. The topological polar surface area (TPSA) is 116 Å². The van der Waals surface area contributed by atoms with Crippen LogP contribution in [0.2, 0.25) is 0 Å². The van der Waals surface area contributed by atoms with Crippen molar-refractivity contribution in [1.29, 1.82) is 0 Å². The molecule has 8 nitrogen and oxygen atoms in total. The third kappa shape index (κ3) is 3.00. The Morgan fingerprint density at radius 1 is 1.07 bits per heavy atom. The standard InChI is InChI=1S/C21H16N6O2/c22-20(28)18-11-27-19(21(29)25-18)9-17(26-27)13-5-6-23-16(8-13)14-7-12-3-1-2-4-15(12)24-10-14/h1-10,18H,11H2,(H2,22,28)(H,25,29). The van der Waals surface area contributed by atoms with Gasteiger partial charge in [-0.1, -0.05) is 18.2 Å². The number of fused-ring (bicyclic) bond motifs is 2. The van der Waals surface area contributed by atoms with E-state index < -0.39 is 11.9 Å². The molecule has 3 aromatic heterocycles. The molecule has 5 rings (SSSR count).